The highest BCUT2D eigenvalue weighted by Gasteiger charge is 2.14. The lowest BCUT2D eigenvalue weighted by Crippen LogP contribution is -2.38. The molecule has 1 heterocycles. The first-order valence-corrected chi connectivity index (χ1v) is 9.03. The largest absolute Gasteiger partial charge is 0.371 e. The Morgan fingerprint density at radius 3 is 2.81 bits per heavy atom. The number of nitrogens with one attached hydrogen (secondary N) is 1. The van der Waals surface area contributed by atoms with E-state index in [9.17, 15) is 0 Å². The molecule has 2 rings (SSSR count). The lowest BCUT2D eigenvalue weighted by atomic mass is 10.1. The topological polar surface area (TPSA) is 75.8 Å². The average molecular weight is 359 g/mol. The highest BCUT2D eigenvalue weighted by Crippen LogP contribution is 2.13. The Bertz CT molecular complexity index is 713. The minimum Gasteiger partial charge on any atom is -0.371 e. The molecule has 1 aromatic heterocycles. The van der Waals surface area contributed by atoms with Gasteiger partial charge in [-0.25, -0.2) is 4.99 Å². The van der Waals surface area contributed by atoms with Gasteiger partial charge in [-0.2, -0.15) is 4.98 Å². The molecule has 0 aliphatic heterocycles. The third-order valence-electron chi connectivity index (χ3n) is 3.99. The van der Waals surface area contributed by atoms with E-state index in [4.69, 9.17) is 9.26 Å². The van der Waals surface area contributed by atoms with E-state index in [-0.39, 0.29) is 6.10 Å². The van der Waals surface area contributed by atoms with Gasteiger partial charge in [0.2, 0.25) is 5.89 Å². The van der Waals surface area contributed by atoms with Crippen LogP contribution in [0.15, 0.2) is 33.8 Å². The van der Waals surface area contributed by atoms with E-state index in [0.29, 0.717) is 24.9 Å². The second-order valence-corrected chi connectivity index (χ2v) is 6.10. The van der Waals surface area contributed by atoms with Gasteiger partial charge in [-0.1, -0.05) is 29.4 Å². The molecule has 0 spiro atoms. The van der Waals surface area contributed by atoms with Crippen molar-refractivity contribution in [1.29, 1.82) is 0 Å². The van der Waals surface area contributed by atoms with Crippen molar-refractivity contribution < 1.29 is 9.26 Å². The summed E-state index contributed by atoms with van der Waals surface area (Å²) < 4.78 is 10.8. The maximum atomic E-state index is 5.48. The monoisotopic (exact) mass is 359 g/mol. The molecule has 26 heavy (non-hydrogen) atoms. The van der Waals surface area contributed by atoms with Gasteiger partial charge in [0.05, 0.1) is 0 Å². The summed E-state index contributed by atoms with van der Waals surface area (Å²) in [4.78, 5) is 11.1. The van der Waals surface area contributed by atoms with Crippen LogP contribution >= 0.6 is 0 Å². The summed E-state index contributed by atoms with van der Waals surface area (Å²) in [7, 11) is 2.02. The Kier molecular flexibility index (Phi) is 7.59. The molecule has 0 bridgehead atoms. The van der Waals surface area contributed by atoms with Gasteiger partial charge in [0.1, 0.15) is 12.6 Å². The van der Waals surface area contributed by atoms with Crippen molar-refractivity contribution in [2.45, 2.75) is 46.9 Å². The number of aryl methyl sites for hydroxylation is 1. The molecule has 1 aromatic carbocycles. The average Bonchev–Trinajstić information content (AvgIpc) is 3.10. The van der Waals surface area contributed by atoms with Crippen molar-refractivity contribution in [3.63, 3.8) is 0 Å². The lowest BCUT2D eigenvalue weighted by Gasteiger charge is -2.22. The van der Waals surface area contributed by atoms with Crippen molar-refractivity contribution >= 4 is 5.96 Å². The van der Waals surface area contributed by atoms with Crippen molar-refractivity contribution in [3.8, 4) is 0 Å². The minimum atomic E-state index is -0.182. The number of benzene rings is 1. The standard InChI is InChI=1S/C19H29N5O2/c1-6-20-19(24(5)13-16-11-9-8-10-14(16)3)21-12-17-22-18(23-26-17)15(4)25-7-2/h8-11,15H,6-7,12-13H2,1-5H3,(H,20,21). The third-order valence-corrected chi connectivity index (χ3v) is 3.99. The first-order valence-electron chi connectivity index (χ1n) is 9.03. The zero-order chi connectivity index (χ0) is 18.9. The lowest BCUT2D eigenvalue weighted by molar-refractivity contribution is 0.0683. The maximum Gasteiger partial charge on any atom is 0.248 e. The molecule has 0 amide bonds. The third kappa shape index (κ3) is 5.56. The van der Waals surface area contributed by atoms with E-state index >= 15 is 0 Å². The van der Waals surface area contributed by atoms with Crippen molar-refractivity contribution in [3.05, 3.63) is 47.1 Å². The molecule has 7 nitrogen and oxygen atoms in total. The van der Waals surface area contributed by atoms with Gasteiger partial charge in [-0.05, 0) is 38.8 Å². The Balaban J connectivity index is 2.05. The summed E-state index contributed by atoms with van der Waals surface area (Å²) in [5.41, 5.74) is 2.54. The summed E-state index contributed by atoms with van der Waals surface area (Å²) in [5, 5.41) is 7.27. The summed E-state index contributed by atoms with van der Waals surface area (Å²) in [6.45, 7) is 10.5. The van der Waals surface area contributed by atoms with Gasteiger partial charge in [0.25, 0.3) is 0 Å². The fourth-order valence-corrected chi connectivity index (χ4v) is 2.55. The normalized spacial score (nSPS) is 12.9. The van der Waals surface area contributed by atoms with Gasteiger partial charge in [-0.15, -0.1) is 0 Å². The number of aromatic nitrogens is 2. The van der Waals surface area contributed by atoms with Crippen LogP contribution in [0, 0.1) is 6.92 Å². The molecule has 0 radical (unpaired) electrons. The van der Waals surface area contributed by atoms with Crippen LogP contribution < -0.4 is 5.32 Å². The Hall–Kier alpha value is -2.41. The Labute approximate surface area is 155 Å². The van der Waals surface area contributed by atoms with Crippen LogP contribution in [0.2, 0.25) is 0 Å². The second-order valence-electron chi connectivity index (χ2n) is 6.10. The second kappa shape index (κ2) is 9.91. The quantitative estimate of drug-likeness (QED) is 0.577. The molecule has 1 N–H and O–H groups in total. The van der Waals surface area contributed by atoms with Crippen LogP contribution in [0.1, 0.15) is 49.7 Å². The summed E-state index contributed by atoms with van der Waals surface area (Å²) in [6, 6.07) is 8.36. The van der Waals surface area contributed by atoms with E-state index in [2.05, 4.69) is 56.5 Å². The van der Waals surface area contributed by atoms with Gasteiger partial charge < -0.3 is 19.5 Å². The number of hydrogen-bond acceptors (Lipinski definition) is 5. The van der Waals surface area contributed by atoms with Crippen LogP contribution in [-0.4, -0.2) is 41.2 Å². The molecule has 1 unspecified atom stereocenters. The number of aliphatic imine (C=N–C) groups is 1. The first-order chi connectivity index (χ1) is 12.5. The minimum absolute atomic E-state index is 0.182. The zero-order valence-electron chi connectivity index (χ0n) is 16.3. The van der Waals surface area contributed by atoms with Crippen LogP contribution in [0.4, 0.5) is 0 Å². The SMILES string of the molecule is CCNC(=NCc1nc(C(C)OCC)no1)N(C)Cc1ccccc1C. The fraction of sp³-hybridized carbons (Fsp3) is 0.526. The smallest absolute Gasteiger partial charge is 0.248 e. The predicted molar refractivity (Wildman–Crippen MR) is 102 cm³/mol. The van der Waals surface area contributed by atoms with Crippen LogP contribution in [0.25, 0.3) is 0 Å². The van der Waals surface area contributed by atoms with Crippen molar-refractivity contribution in [1.82, 2.24) is 20.4 Å². The number of guanidine groups is 1. The molecule has 0 saturated carbocycles. The van der Waals surface area contributed by atoms with Crippen LogP contribution in [0.5, 0.6) is 0 Å². The van der Waals surface area contributed by atoms with Crippen molar-refractivity contribution in [2.75, 3.05) is 20.2 Å². The molecule has 7 heteroatoms. The van der Waals surface area contributed by atoms with E-state index in [1.165, 1.54) is 11.1 Å². The highest BCUT2D eigenvalue weighted by atomic mass is 16.5. The molecule has 2 aromatic rings. The molecular formula is C19H29N5O2. The number of nitrogens with zero attached hydrogens (tertiary/aromatic N) is 4. The molecule has 1 atom stereocenters. The maximum absolute atomic E-state index is 5.48. The molecule has 142 valence electrons. The Morgan fingerprint density at radius 2 is 2.12 bits per heavy atom. The van der Waals surface area contributed by atoms with E-state index in [1.54, 1.807) is 0 Å². The highest BCUT2D eigenvalue weighted by molar-refractivity contribution is 5.79. The fourth-order valence-electron chi connectivity index (χ4n) is 2.55. The molecule has 0 fully saturated rings. The zero-order valence-corrected chi connectivity index (χ0v) is 16.3. The van der Waals surface area contributed by atoms with Crippen LogP contribution in [0.3, 0.4) is 0 Å². The summed E-state index contributed by atoms with van der Waals surface area (Å²) >= 11 is 0. The summed E-state index contributed by atoms with van der Waals surface area (Å²) in [6.07, 6.45) is -0.182. The number of ether oxygens (including phenoxy) is 1. The van der Waals surface area contributed by atoms with Crippen LogP contribution in [-0.2, 0) is 17.8 Å². The first kappa shape index (κ1) is 19.9. The number of rotatable bonds is 8. The predicted octanol–water partition coefficient (Wildman–Crippen LogP) is 3.07. The van der Waals surface area contributed by atoms with Gasteiger partial charge >= 0.3 is 0 Å². The van der Waals surface area contributed by atoms with E-state index in [0.717, 1.165) is 19.0 Å². The number of hydrogen-bond donors (Lipinski definition) is 1. The molecular weight excluding hydrogens is 330 g/mol. The molecule has 0 aliphatic carbocycles. The van der Waals surface area contributed by atoms with Gasteiger partial charge in [-0.3, -0.25) is 0 Å². The van der Waals surface area contributed by atoms with Gasteiger partial charge in [0.15, 0.2) is 11.8 Å². The van der Waals surface area contributed by atoms with Gasteiger partial charge in [0, 0.05) is 26.7 Å². The molecule has 0 aliphatic rings. The van der Waals surface area contributed by atoms with E-state index in [1.807, 2.05) is 27.8 Å². The van der Waals surface area contributed by atoms with Crippen molar-refractivity contribution in [2.24, 2.45) is 4.99 Å². The summed E-state index contributed by atoms with van der Waals surface area (Å²) in [5.74, 6) is 1.83. The molecule has 0 saturated heterocycles. The Morgan fingerprint density at radius 1 is 1.35 bits per heavy atom. The van der Waals surface area contributed by atoms with E-state index < -0.39 is 0 Å².